The van der Waals surface area contributed by atoms with Crippen LogP contribution in [-0.4, -0.2) is 21.2 Å². The van der Waals surface area contributed by atoms with Crippen LogP contribution >= 0.6 is 34.7 Å². The Hall–Kier alpha value is -2.09. The van der Waals surface area contributed by atoms with E-state index in [0.717, 1.165) is 47.4 Å². The molecule has 1 aromatic carbocycles. The number of nitrogens with one attached hydrogen (secondary N) is 1. The normalized spacial score (nSPS) is 13.1. The first-order chi connectivity index (χ1) is 14.6. The molecular weight excluding hydrogens is 438 g/mol. The molecule has 8 heteroatoms. The van der Waals surface area contributed by atoms with E-state index in [2.05, 4.69) is 10.3 Å². The highest BCUT2D eigenvalue weighted by Gasteiger charge is 2.21. The zero-order valence-corrected chi connectivity index (χ0v) is 18.8. The minimum Gasteiger partial charge on any atom is -0.351 e. The number of thiophene rings is 1. The number of hydrogen-bond donors (Lipinski definition) is 1. The molecule has 156 valence electrons. The fourth-order valence-corrected chi connectivity index (χ4v) is 5.30. The summed E-state index contributed by atoms with van der Waals surface area (Å²) in [4.78, 5) is 30.6. The van der Waals surface area contributed by atoms with Crippen LogP contribution in [0.15, 0.2) is 51.6 Å². The lowest BCUT2D eigenvalue weighted by Crippen LogP contribution is -2.31. The van der Waals surface area contributed by atoms with Crippen LogP contribution in [0.25, 0.3) is 0 Å². The number of amides is 1. The molecule has 5 nitrogen and oxygen atoms in total. The Morgan fingerprint density at radius 3 is 2.77 bits per heavy atom. The Morgan fingerprint density at radius 1 is 1.20 bits per heavy atom. The molecule has 0 unspecified atom stereocenters. The second kappa shape index (κ2) is 9.81. The molecule has 1 aliphatic carbocycles. The summed E-state index contributed by atoms with van der Waals surface area (Å²) in [6, 6.07) is 11.4. The van der Waals surface area contributed by atoms with Gasteiger partial charge in [0, 0.05) is 27.7 Å². The lowest BCUT2D eigenvalue weighted by molar-refractivity contribution is -0.118. The molecule has 1 aliphatic rings. The number of nitrogens with zero attached hydrogens (tertiary/aromatic N) is 2. The molecule has 2 aromatic heterocycles. The number of carbonyl (C=O) groups excluding carboxylic acids is 1. The second-order valence-electron chi connectivity index (χ2n) is 7.19. The summed E-state index contributed by atoms with van der Waals surface area (Å²) in [6.07, 6.45) is 3.95. The number of rotatable bonds is 7. The minimum atomic E-state index is -0.229. The van der Waals surface area contributed by atoms with Crippen molar-refractivity contribution in [2.45, 2.75) is 43.8 Å². The summed E-state index contributed by atoms with van der Waals surface area (Å²) in [5, 5.41) is 6.31. The first-order valence-electron chi connectivity index (χ1n) is 9.89. The molecule has 0 fully saturated rings. The van der Waals surface area contributed by atoms with Crippen molar-refractivity contribution in [1.82, 2.24) is 14.9 Å². The maximum absolute atomic E-state index is 12.8. The molecule has 2 heterocycles. The van der Waals surface area contributed by atoms with Crippen molar-refractivity contribution in [3.05, 3.63) is 79.0 Å². The van der Waals surface area contributed by atoms with E-state index < -0.39 is 0 Å². The first-order valence-corrected chi connectivity index (χ1v) is 12.1. The summed E-state index contributed by atoms with van der Waals surface area (Å²) in [5.74, 6) is 0.158. The molecule has 0 atom stereocenters. The smallest absolute Gasteiger partial charge is 0.349 e. The van der Waals surface area contributed by atoms with Gasteiger partial charge < -0.3 is 5.32 Å². The van der Waals surface area contributed by atoms with Gasteiger partial charge in [0.2, 0.25) is 5.91 Å². The molecule has 1 N–H and O–H groups in total. The largest absolute Gasteiger partial charge is 0.351 e. The van der Waals surface area contributed by atoms with Gasteiger partial charge in [-0.15, -0.1) is 11.3 Å². The Kier molecular flexibility index (Phi) is 6.92. The van der Waals surface area contributed by atoms with Gasteiger partial charge in [-0.3, -0.25) is 9.36 Å². The Balaban J connectivity index is 1.44. The van der Waals surface area contributed by atoms with Crippen molar-refractivity contribution >= 4 is 40.6 Å². The van der Waals surface area contributed by atoms with Gasteiger partial charge in [-0.1, -0.05) is 41.6 Å². The van der Waals surface area contributed by atoms with Crippen molar-refractivity contribution in [3.8, 4) is 0 Å². The zero-order valence-electron chi connectivity index (χ0n) is 16.4. The highest BCUT2D eigenvalue weighted by molar-refractivity contribution is 7.99. The van der Waals surface area contributed by atoms with E-state index in [4.69, 9.17) is 11.6 Å². The summed E-state index contributed by atoms with van der Waals surface area (Å²) in [6.45, 7) is 1.02. The van der Waals surface area contributed by atoms with E-state index in [-0.39, 0.29) is 17.3 Å². The van der Waals surface area contributed by atoms with Crippen LogP contribution in [0.3, 0.4) is 0 Å². The summed E-state index contributed by atoms with van der Waals surface area (Å²) < 4.78 is 1.81. The predicted molar refractivity (Wildman–Crippen MR) is 123 cm³/mol. The van der Waals surface area contributed by atoms with Crippen molar-refractivity contribution in [2.75, 3.05) is 5.75 Å². The fourth-order valence-electron chi connectivity index (χ4n) is 3.58. The third-order valence-electron chi connectivity index (χ3n) is 5.09. The van der Waals surface area contributed by atoms with Gasteiger partial charge in [0.1, 0.15) is 5.03 Å². The van der Waals surface area contributed by atoms with Crippen LogP contribution in [-0.2, 0) is 30.7 Å². The number of benzene rings is 1. The van der Waals surface area contributed by atoms with E-state index in [1.54, 1.807) is 23.5 Å². The number of thioether (sulfide) groups is 1. The SMILES string of the molecule is O=C(CSc1nc(=O)n(Cc2cccs2)c2c1CCCC2)NCc1ccc(Cl)cc1. The fraction of sp³-hybridized carbons (Fsp3) is 0.318. The Bertz CT molecular complexity index is 1080. The Labute approximate surface area is 188 Å². The Morgan fingerprint density at radius 2 is 2.00 bits per heavy atom. The highest BCUT2D eigenvalue weighted by atomic mass is 35.5. The van der Waals surface area contributed by atoms with Crippen LogP contribution in [0.4, 0.5) is 0 Å². The maximum Gasteiger partial charge on any atom is 0.349 e. The molecule has 0 spiro atoms. The average molecular weight is 460 g/mol. The van der Waals surface area contributed by atoms with Crippen LogP contribution in [0.5, 0.6) is 0 Å². The molecule has 0 radical (unpaired) electrons. The van der Waals surface area contributed by atoms with E-state index in [9.17, 15) is 9.59 Å². The van der Waals surface area contributed by atoms with Gasteiger partial charge in [-0.25, -0.2) is 4.79 Å². The average Bonchev–Trinajstić information content (AvgIpc) is 3.27. The van der Waals surface area contributed by atoms with Gasteiger partial charge in [-0.05, 0) is 54.8 Å². The number of carbonyl (C=O) groups is 1. The molecular formula is C22H22ClN3O2S2. The second-order valence-corrected chi connectivity index (χ2v) is 9.62. The lowest BCUT2D eigenvalue weighted by Gasteiger charge is -2.22. The maximum atomic E-state index is 12.8. The van der Waals surface area contributed by atoms with Crippen molar-refractivity contribution in [3.63, 3.8) is 0 Å². The molecule has 4 rings (SSSR count). The van der Waals surface area contributed by atoms with Gasteiger partial charge >= 0.3 is 5.69 Å². The van der Waals surface area contributed by atoms with Crippen LogP contribution < -0.4 is 11.0 Å². The molecule has 1 amide bonds. The van der Waals surface area contributed by atoms with Crippen molar-refractivity contribution in [2.24, 2.45) is 0 Å². The van der Waals surface area contributed by atoms with E-state index in [1.165, 1.54) is 11.8 Å². The van der Waals surface area contributed by atoms with Crippen molar-refractivity contribution < 1.29 is 4.79 Å². The van der Waals surface area contributed by atoms with Gasteiger partial charge in [0.05, 0.1) is 12.3 Å². The standard InChI is InChI=1S/C22H22ClN3O2S2/c23-16-9-7-15(8-10-16)12-24-20(27)14-30-21-18-5-1-2-6-19(18)26(22(28)25-21)13-17-4-3-11-29-17/h3-4,7-11H,1-2,5-6,12-14H2,(H,24,27). The number of halogens is 1. The summed E-state index contributed by atoms with van der Waals surface area (Å²) >= 11 is 8.89. The van der Waals surface area contributed by atoms with Crippen LogP contribution in [0, 0.1) is 0 Å². The molecule has 0 saturated carbocycles. The third kappa shape index (κ3) is 5.14. The lowest BCUT2D eigenvalue weighted by atomic mass is 9.97. The zero-order chi connectivity index (χ0) is 20.9. The quantitative estimate of drug-likeness (QED) is 0.422. The van der Waals surface area contributed by atoms with Gasteiger partial charge in [0.25, 0.3) is 0 Å². The van der Waals surface area contributed by atoms with Gasteiger partial charge in [-0.2, -0.15) is 4.98 Å². The monoisotopic (exact) mass is 459 g/mol. The number of aromatic nitrogens is 2. The molecule has 3 aromatic rings. The van der Waals surface area contributed by atoms with E-state index in [1.807, 2.05) is 34.2 Å². The third-order valence-corrected chi connectivity index (χ3v) is 7.22. The van der Waals surface area contributed by atoms with E-state index in [0.29, 0.717) is 23.1 Å². The van der Waals surface area contributed by atoms with E-state index >= 15 is 0 Å². The first kappa shape index (κ1) is 21.2. The molecule has 30 heavy (non-hydrogen) atoms. The predicted octanol–water partition coefficient (Wildman–Crippen LogP) is 4.29. The highest BCUT2D eigenvalue weighted by Crippen LogP contribution is 2.29. The molecule has 0 saturated heterocycles. The summed E-state index contributed by atoms with van der Waals surface area (Å²) in [5.41, 5.74) is 2.98. The minimum absolute atomic E-state index is 0.0796. The topological polar surface area (TPSA) is 64.0 Å². The van der Waals surface area contributed by atoms with Crippen LogP contribution in [0.1, 0.15) is 34.5 Å². The molecule has 0 bridgehead atoms. The van der Waals surface area contributed by atoms with Crippen LogP contribution in [0.2, 0.25) is 5.02 Å². The molecule has 0 aliphatic heterocycles. The summed E-state index contributed by atoms with van der Waals surface area (Å²) in [7, 11) is 0. The number of hydrogen-bond acceptors (Lipinski definition) is 5. The van der Waals surface area contributed by atoms with Gasteiger partial charge in [0.15, 0.2) is 0 Å². The number of fused-ring (bicyclic) bond motifs is 1. The van der Waals surface area contributed by atoms with Crippen molar-refractivity contribution in [1.29, 1.82) is 0 Å².